The van der Waals surface area contributed by atoms with Gasteiger partial charge in [0, 0.05) is 18.9 Å². The molecule has 9 heteroatoms. The lowest BCUT2D eigenvalue weighted by Crippen LogP contribution is -2.14. The van der Waals surface area contributed by atoms with E-state index in [0.29, 0.717) is 28.3 Å². The van der Waals surface area contributed by atoms with E-state index < -0.39 is 0 Å². The van der Waals surface area contributed by atoms with Gasteiger partial charge in [0.15, 0.2) is 6.79 Å². The molecular formula is C23H19FN4O4. The third-order valence-corrected chi connectivity index (χ3v) is 4.51. The Morgan fingerprint density at radius 1 is 1.16 bits per heavy atom. The third kappa shape index (κ3) is 4.96. The number of carbonyl (C=O) groups is 1. The highest BCUT2D eigenvalue weighted by molar-refractivity contribution is 5.97. The number of rotatable bonds is 8. The fraction of sp³-hybridized carbons (Fsp3) is 0.130. The molecule has 0 aliphatic carbocycles. The number of aromatic nitrogens is 3. The number of anilines is 1. The SMILES string of the molecule is COCOc1cccc(CC(=O)Nc2onc(-c3ccc(F)cc3)c2-c2ccncn2)c1. The lowest BCUT2D eigenvalue weighted by molar-refractivity contribution is -0.115. The lowest BCUT2D eigenvalue weighted by atomic mass is 10.0. The van der Waals surface area contributed by atoms with E-state index in [-0.39, 0.29) is 30.8 Å². The number of carbonyl (C=O) groups excluding carboxylic acids is 1. The number of halogens is 1. The van der Waals surface area contributed by atoms with Gasteiger partial charge in [-0.05, 0) is 48.0 Å². The number of nitrogens with zero attached hydrogens (tertiary/aromatic N) is 3. The van der Waals surface area contributed by atoms with E-state index in [2.05, 4.69) is 20.4 Å². The van der Waals surface area contributed by atoms with Crippen LogP contribution in [0.2, 0.25) is 0 Å². The summed E-state index contributed by atoms with van der Waals surface area (Å²) in [7, 11) is 1.53. The summed E-state index contributed by atoms with van der Waals surface area (Å²) in [5, 5.41) is 6.85. The van der Waals surface area contributed by atoms with E-state index in [4.69, 9.17) is 14.0 Å². The second kappa shape index (κ2) is 9.80. The van der Waals surface area contributed by atoms with Crippen LogP contribution in [0.25, 0.3) is 22.5 Å². The highest BCUT2D eigenvalue weighted by Gasteiger charge is 2.22. The summed E-state index contributed by atoms with van der Waals surface area (Å²) in [4.78, 5) is 20.9. The molecule has 0 bridgehead atoms. The van der Waals surface area contributed by atoms with Gasteiger partial charge in [0.2, 0.25) is 11.8 Å². The van der Waals surface area contributed by atoms with E-state index in [9.17, 15) is 9.18 Å². The predicted octanol–water partition coefficient (Wildman–Crippen LogP) is 4.10. The first-order chi connectivity index (χ1) is 15.6. The van der Waals surface area contributed by atoms with Gasteiger partial charge in [0.1, 0.15) is 23.6 Å². The molecule has 0 atom stereocenters. The maximum atomic E-state index is 13.4. The Morgan fingerprint density at radius 2 is 2.00 bits per heavy atom. The fourth-order valence-electron chi connectivity index (χ4n) is 3.08. The van der Waals surface area contributed by atoms with Crippen LogP contribution in [0, 0.1) is 5.82 Å². The number of benzene rings is 2. The van der Waals surface area contributed by atoms with Crippen LogP contribution in [0.1, 0.15) is 5.56 Å². The van der Waals surface area contributed by atoms with Crippen LogP contribution in [-0.4, -0.2) is 34.9 Å². The van der Waals surface area contributed by atoms with E-state index >= 15 is 0 Å². The third-order valence-electron chi connectivity index (χ3n) is 4.51. The van der Waals surface area contributed by atoms with Crippen molar-refractivity contribution in [3.8, 4) is 28.3 Å². The first-order valence-corrected chi connectivity index (χ1v) is 9.66. The van der Waals surface area contributed by atoms with Gasteiger partial charge in [0.05, 0.1) is 17.7 Å². The van der Waals surface area contributed by atoms with Gasteiger partial charge in [-0.1, -0.05) is 17.3 Å². The zero-order chi connectivity index (χ0) is 22.3. The van der Waals surface area contributed by atoms with Crippen LogP contribution in [0.15, 0.2) is 71.6 Å². The van der Waals surface area contributed by atoms with Crippen molar-refractivity contribution in [3.63, 3.8) is 0 Å². The predicted molar refractivity (Wildman–Crippen MR) is 114 cm³/mol. The van der Waals surface area contributed by atoms with Gasteiger partial charge in [-0.15, -0.1) is 0 Å². The Morgan fingerprint density at radius 3 is 2.75 bits per heavy atom. The number of hydrogen-bond donors (Lipinski definition) is 1. The minimum atomic E-state index is -0.369. The summed E-state index contributed by atoms with van der Waals surface area (Å²) in [6.45, 7) is 0.113. The average molecular weight is 434 g/mol. The first kappa shape index (κ1) is 21.1. The van der Waals surface area contributed by atoms with Crippen LogP contribution in [0.5, 0.6) is 5.75 Å². The van der Waals surface area contributed by atoms with Crippen molar-refractivity contribution in [3.05, 3.63) is 78.5 Å². The molecule has 0 radical (unpaired) electrons. The largest absolute Gasteiger partial charge is 0.468 e. The van der Waals surface area contributed by atoms with Crippen LogP contribution in [-0.2, 0) is 16.0 Å². The van der Waals surface area contributed by atoms with Crippen LogP contribution in [0.4, 0.5) is 10.3 Å². The average Bonchev–Trinajstić information content (AvgIpc) is 3.22. The molecule has 0 unspecified atom stereocenters. The van der Waals surface area contributed by atoms with Crippen LogP contribution < -0.4 is 10.1 Å². The molecule has 1 amide bonds. The monoisotopic (exact) mass is 434 g/mol. The Hall–Kier alpha value is -4.11. The normalized spacial score (nSPS) is 10.7. The van der Waals surface area contributed by atoms with E-state index in [0.717, 1.165) is 5.56 Å². The topological polar surface area (TPSA) is 99.4 Å². The molecule has 4 aromatic rings. The second-order valence-electron chi connectivity index (χ2n) is 6.76. The van der Waals surface area contributed by atoms with Gasteiger partial charge < -0.3 is 14.0 Å². The standard InChI is InChI=1S/C23H19FN4O4/c1-30-14-31-18-4-2-3-15(11-18)12-20(29)27-23-21(19-9-10-25-13-26-19)22(28-32-23)16-5-7-17(24)8-6-16/h2-11,13H,12,14H2,1H3,(H,27,29). The van der Waals surface area contributed by atoms with Crippen molar-refractivity contribution in [1.82, 2.24) is 15.1 Å². The molecule has 2 aromatic heterocycles. The summed E-state index contributed by atoms with van der Waals surface area (Å²) < 4.78 is 29.1. The van der Waals surface area contributed by atoms with Crippen molar-refractivity contribution in [2.45, 2.75) is 6.42 Å². The van der Waals surface area contributed by atoms with Gasteiger partial charge in [0.25, 0.3) is 0 Å². The molecule has 32 heavy (non-hydrogen) atoms. The maximum Gasteiger partial charge on any atom is 0.241 e. The van der Waals surface area contributed by atoms with Crippen molar-refractivity contribution < 1.29 is 23.2 Å². The fourth-order valence-corrected chi connectivity index (χ4v) is 3.08. The Bertz CT molecular complexity index is 1200. The molecule has 0 saturated heterocycles. The van der Waals surface area contributed by atoms with Crippen molar-refractivity contribution >= 4 is 11.8 Å². The molecule has 0 spiro atoms. The molecule has 0 aliphatic rings. The van der Waals surface area contributed by atoms with Crippen LogP contribution >= 0.6 is 0 Å². The quantitative estimate of drug-likeness (QED) is 0.417. The zero-order valence-corrected chi connectivity index (χ0v) is 17.1. The second-order valence-corrected chi connectivity index (χ2v) is 6.76. The van der Waals surface area contributed by atoms with E-state index in [1.807, 2.05) is 6.07 Å². The molecule has 162 valence electrons. The molecule has 4 rings (SSSR count). The Balaban J connectivity index is 1.60. The number of nitrogens with one attached hydrogen (secondary N) is 1. The Kier molecular flexibility index (Phi) is 6.47. The summed E-state index contributed by atoms with van der Waals surface area (Å²) in [6.07, 6.45) is 3.04. The Labute approximate surface area is 183 Å². The summed E-state index contributed by atoms with van der Waals surface area (Å²) in [5.74, 6) is 0.0500. The summed E-state index contributed by atoms with van der Waals surface area (Å²) in [6, 6.07) is 14.6. The van der Waals surface area contributed by atoms with E-state index in [1.165, 1.54) is 25.6 Å². The summed E-state index contributed by atoms with van der Waals surface area (Å²) in [5.41, 5.74) is 2.77. The van der Waals surface area contributed by atoms with Gasteiger partial charge in [-0.2, -0.15) is 0 Å². The minimum Gasteiger partial charge on any atom is -0.468 e. The van der Waals surface area contributed by atoms with Crippen LogP contribution in [0.3, 0.4) is 0 Å². The summed E-state index contributed by atoms with van der Waals surface area (Å²) >= 11 is 0. The van der Waals surface area contributed by atoms with Gasteiger partial charge in [-0.3, -0.25) is 10.1 Å². The smallest absolute Gasteiger partial charge is 0.241 e. The highest BCUT2D eigenvalue weighted by atomic mass is 19.1. The van der Waals surface area contributed by atoms with Crippen molar-refractivity contribution in [2.24, 2.45) is 0 Å². The molecule has 0 aliphatic heterocycles. The maximum absolute atomic E-state index is 13.4. The number of methoxy groups -OCH3 is 1. The highest BCUT2D eigenvalue weighted by Crippen LogP contribution is 2.36. The number of hydrogen-bond acceptors (Lipinski definition) is 7. The van der Waals surface area contributed by atoms with E-state index in [1.54, 1.807) is 42.6 Å². The van der Waals surface area contributed by atoms with Crippen molar-refractivity contribution in [2.75, 3.05) is 19.2 Å². The lowest BCUT2D eigenvalue weighted by Gasteiger charge is -2.08. The molecule has 1 N–H and O–H groups in total. The van der Waals surface area contributed by atoms with Crippen molar-refractivity contribution in [1.29, 1.82) is 0 Å². The van der Waals surface area contributed by atoms with Gasteiger partial charge >= 0.3 is 0 Å². The first-order valence-electron chi connectivity index (χ1n) is 9.66. The number of amides is 1. The number of ether oxygens (including phenoxy) is 2. The molecule has 2 aromatic carbocycles. The molecular weight excluding hydrogens is 415 g/mol. The minimum absolute atomic E-state index is 0.0833. The van der Waals surface area contributed by atoms with Gasteiger partial charge in [-0.25, -0.2) is 14.4 Å². The molecule has 8 nitrogen and oxygen atoms in total. The molecule has 0 saturated carbocycles. The molecule has 2 heterocycles. The molecule has 0 fully saturated rings. The zero-order valence-electron chi connectivity index (χ0n) is 17.1.